The van der Waals surface area contributed by atoms with E-state index >= 15 is 0 Å². The van der Waals surface area contributed by atoms with E-state index in [9.17, 15) is 9.59 Å². The molecule has 0 aliphatic carbocycles. The second-order valence-corrected chi connectivity index (χ2v) is 6.12. The molecule has 0 aliphatic heterocycles. The first kappa shape index (κ1) is 14.3. The van der Waals surface area contributed by atoms with Crippen LogP contribution in [0.4, 0.5) is 0 Å². The van der Waals surface area contributed by atoms with Crippen LogP contribution in [0.25, 0.3) is 0 Å². The van der Waals surface area contributed by atoms with E-state index in [0.717, 1.165) is 4.88 Å². The SMILES string of the molecule is C[C@H](NC(=O)CSCC(N)=O)c1ccc(Cl)s1. The van der Waals surface area contributed by atoms with E-state index in [1.54, 1.807) is 6.07 Å². The van der Waals surface area contributed by atoms with Crippen molar-refractivity contribution in [3.05, 3.63) is 21.3 Å². The quantitative estimate of drug-likeness (QED) is 0.840. The van der Waals surface area contributed by atoms with Crippen molar-refractivity contribution in [1.29, 1.82) is 0 Å². The molecule has 1 rings (SSSR count). The van der Waals surface area contributed by atoms with Crippen LogP contribution in [0, 0.1) is 0 Å². The first-order valence-corrected chi connectivity index (χ1v) is 7.24. The molecule has 0 aromatic carbocycles. The van der Waals surface area contributed by atoms with Gasteiger partial charge in [0, 0.05) is 4.88 Å². The van der Waals surface area contributed by atoms with Gasteiger partial charge in [-0.3, -0.25) is 9.59 Å². The molecule has 17 heavy (non-hydrogen) atoms. The third-order valence-corrected chi connectivity index (χ3v) is 4.24. The third kappa shape index (κ3) is 5.43. The summed E-state index contributed by atoms with van der Waals surface area (Å²) in [5.74, 6) is -0.145. The highest BCUT2D eigenvalue weighted by molar-refractivity contribution is 8.00. The average Bonchev–Trinajstić information content (AvgIpc) is 2.64. The highest BCUT2D eigenvalue weighted by atomic mass is 35.5. The van der Waals surface area contributed by atoms with Crippen molar-refractivity contribution in [2.45, 2.75) is 13.0 Å². The maximum Gasteiger partial charge on any atom is 0.230 e. The number of carbonyl (C=O) groups is 2. The van der Waals surface area contributed by atoms with Gasteiger partial charge in [-0.2, -0.15) is 0 Å². The van der Waals surface area contributed by atoms with Gasteiger partial charge in [0.2, 0.25) is 11.8 Å². The molecule has 0 bridgehead atoms. The summed E-state index contributed by atoms with van der Waals surface area (Å²) < 4.78 is 0.698. The van der Waals surface area contributed by atoms with Crippen molar-refractivity contribution < 1.29 is 9.59 Å². The van der Waals surface area contributed by atoms with Gasteiger partial charge in [-0.05, 0) is 19.1 Å². The Hall–Kier alpha value is -0.720. The van der Waals surface area contributed by atoms with E-state index in [1.807, 2.05) is 13.0 Å². The first-order chi connectivity index (χ1) is 7.99. The van der Waals surface area contributed by atoms with Crippen LogP contribution in [0.5, 0.6) is 0 Å². The lowest BCUT2D eigenvalue weighted by molar-refractivity contribution is -0.119. The van der Waals surface area contributed by atoms with E-state index < -0.39 is 5.91 Å². The van der Waals surface area contributed by atoms with Crippen molar-refractivity contribution in [3.63, 3.8) is 0 Å². The van der Waals surface area contributed by atoms with Gasteiger partial charge in [-0.1, -0.05) is 11.6 Å². The zero-order valence-corrected chi connectivity index (χ0v) is 11.6. The second-order valence-electron chi connectivity index (χ2n) is 3.39. The highest BCUT2D eigenvalue weighted by Gasteiger charge is 2.11. The molecule has 2 amide bonds. The fraction of sp³-hybridized carbons (Fsp3) is 0.400. The molecule has 0 fully saturated rings. The first-order valence-electron chi connectivity index (χ1n) is 4.89. The maximum atomic E-state index is 11.5. The largest absolute Gasteiger partial charge is 0.369 e. The van der Waals surface area contributed by atoms with Gasteiger partial charge >= 0.3 is 0 Å². The number of halogens is 1. The lowest BCUT2D eigenvalue weighted by Gasteiger charge is -2.11. The summed E-state index contributed by atoms with van der Waals surface area (Å²) in [6, 6.07) is 3.61. The van der Waals surface area contributed by atoms with Gasteiger partial charge in [0.25, 0.3) is 0 Å². The van der Waals surface area contributed by atoms with Crippen LogP contribution in [-0.2, 0) is 9.59 Å². The van der Waals surface area contributed by atoms with E-state index in [-0.39, 0.29) is 23.5 Å². The minimum Gasteiger partial charge on any atom is -0.369 e. The van der Waals surface area contributed by atoms with Gasteiger partial charge in [0.1, 0.15) is 0 Å². The molecule has 0 radical (unpaired) electrons. The van der Waals surface area contributed by atoms with Gasteiger partial charge < -0.3 is 11.1 Å². The molecule has 4 nitrogen and oxygen atoms in total. The molecule has 0 aliphatic rings. The molecule has 0 unspecified atom stereocenters. The predicted octanol–water partition coefficient (Wildman–Crippen LogP) is 1.80. The Bertz CT molecular complexity index is 409. The topological polar surface area (TPSA) is 72.2 Å². The fourth-order valence-corrected chi connectivity index (χ4v) is 2.79. The van der Waals surface area contributed by atoms with Gasteiger partial charge in [-0.15, -0.1) is 23.1 Å². The molecule has 3 N–H and O–H groups in total. The minimum absolute atomic E-state index is 0.0748. The van der Waals surface area contributed by atoms with E-state index in [0.29, 0.717) is 4.34 Å². The Labute approximate surface area is 113 Å². The van der Waals surface area contributed by atoms with E-state index in [2.05, 4.69) is 5.32 Å². The lowest BCUT2D eigenvalue weighted by Crippen LogP contribution is -2.28. The van der Waals surface area contributed by atoms with Crippen molar-refractivity contribution in [3.8, 4) is 0 Å². The van der Waals surface area contributed by atoms with Gasteiger partial charge in [-0.25, -0.2) is 0 Å². The Morgan fingerprint density at radius 3 is 2.76 bits per heavy atom. The van der Waals surface area contributed by atoms with Crippen LogP contribution in [0.3, 0.4) is 0 Å². The standard InChI is InChI=1S/C10H13ClN2O2S2/c1-6(7-2-3-8(11)17-7)13-10(15)5-16-4-9(12)14/h2-3,6H,4-5H2,1H3,(H2,12,14)(H,13,15)/t6-/m0/s1. The Morgan fingerprint density at radius 1 is 1.53 bits per heavy atom. The Balaban J connectivity index is 2.33. The highest BCUT2D eigenvalue weighted by Crippen LogP contribution is 2.26. The second kappa shape index (κ2) is 6.88. The molecule has 0 saturated heterocycles. The van der Waals surface area contributed by atoms with E-state index in [1.165, 1.54) is 23.1 Å². The number of thiophene rings is 1. The zero-order chi connectivity index (χ0) is 12.8. The van der Waals surface area contributed by atoms with Crippen molar-refractivity contribution >= 4 is 46.5 Å². The number of carbonyl (C=O) groups excluding carboxylic acids is 2. The van der Waals surface area contributed by atoms with Gasteiger partial charge in [0.15, 0.2) is 0 Å². The lowest BCUT2D eigenvalue weighted by atomic mass is 10.3. The number of hydrogen-bond acceptors (Lipinski definition) is 4. The van der Waals surface area contributed by atoms with Crippen LogP contribution in [0.2, 0.25) is 4.34 Å². The molecule has 1 atom stereocenters. The number of thioether (sulfide) groups is 1. The number of nitrogens with two attached hydrogens (primary N) is 1. The summed E-state index contributed by atoms with van der Waals surface area (Å²) in [6.45, 7) is 1.89. The van der Waals surface area contributed by atoms with Crippen LogP contribution in [0.15, 0.2) is 12.1 Å². The van der Waals surface area contributed by atoms with E-state index in [4.69, 9.17) is 17.3 Å². The molecular formula is C10H13ClN2O2S2. The molecule has 0 saturated carbocycles. The Morgan fingerprint density at radius 2 is 2.24 bits per heavy atom. The number of rotatable bonds is 6. The molecule has 1 heterocycles. The summed E-state index contributed by atoms with van der Waals surface area (Å²) in [5.41, 5.74) is 4.97. The van der Waals surface area contributed by atoms with Crippen LogP contribution in [-0.4, -0.2) is 23.3 Å². The smallest absolute Gasteiger partial charge is 0.230 e. The third-order valence-electron chi connectivity index (χ3n) is 1.88. The summed E-state index contributed by atoms with van der Waals surface area (Å²) >= 11 is 8.45. The summed E-state index contributed by atoms with van der Waals surface area (Å²) in [7, 11) is 0. The fourth-order valence-electron chi connectivity index (χ4n) is 1.16. The minimum atomic E-state index is -0.416. The molecule has 1 aromatic rings. The average molecular weight is 293 g/mol. The summed E-state index contributed by atoms with van der Waals surface area (Å²) in [4.78, 5) is 23.0. The molecule has 94 valence electrons. The molecular weight excluding hydrogens is 280 g/mol. The Kier molecular flexibility index (Phi) is 5.80. The zero-order valence-electron chi connectivity index (χ0n) is 9.23. The molecule has 7 heteroatoms. The van der Waals surface area contributed by atoms with Crippen LogP contribution >= 0.6 is 34.7 Å². The number of primary amides is 1. The van der Waals surface area contributed by atoms with Gasteiger partial charge in [0.05, 0.1) is 21.9 Å². The summed E-state index contributed by atoms with van der Waals surface area (Å²) in [6.07, 6.45) is 0. The van der Waals surface area contributed by atoms with Crippen molar-refractivity contribution in [2.24, 2.45) is 5.73 Å². The number of hydrogen-bond donors (Lipinski definition) is 2. The van der Waals surface area contributed by atoms with Crippen molar-refractivity contribution in [1.82, 2.24) is 5.32 Å². The number of nitrogens with one attached hydrogen (secondary N) is 1. The molecule has 1 aromatic heterocycles. The molecule has 0 spiro atoms. The normalized spacial score (nSPS) is 12.1. The maximum absolute atomic E-state index is 11.5. The summed E-state index contributed by atoms with van der Waals surface area (Å²) in [5, 5.41) is 2.82. The van der Waals surface area contributed by atoms with Crippen molar-refractivity contribution in [2.75, 3.05) is 11.5 Å². The van der Waals surface area contributed by atoms with Crippen LogP contribution in [0.1, 0.15) is 17.8 Å². The number of amides is 2. The van der Waals surface area contributed by atoms with Crippen LogP contribution < -0.4 is 11.1 Å². The predicted molar refractivity (Wildman–Crippen MR) is 72.4 cm³/mol. The monoisotopic (exact) mass is 292 g/mol.